The molecule has 0 nitrogen and oxygen atoms in total. The molecule has 0 aliphatic heterocycles. The van der Waals surface area contributed by atoms with Crippen molar-refractivity contribution in [2.75, 3.05) is 0 Å². The van der Waals surface area contributed by atoms with Crippen LogP contribution < -0.4 is 0 Å². The third-order valence-corrected chi connectivity index (χ3v) is 4.74. The number of hydrogen-bond acceptors (Lipinski definition) is 0. The van der Waals surface area contributed by atoms with Gasteiger partial charge in [-0.25, -0.2) is 4.39 Å². The van der Waals surface area contributed by atoms with E-state index < -0.39 is 0 Å². The molecule has 3 rings (SSSR count). The molecular weight excluding hydrogens is 386 g/mol. The van der Waals surface area contributed by atoms with Crippen molar-refractivity contribution in [3.63, 3.8) is 0 Å². The average molecular weight is 397 g/mol. The molecule has 0 aliphatic rings. The summed E-state index contributed by atoms with van der Waals surface area (Å²) in [5, 5.41) is 2.01. The smallest absolute Gasteiger partial charge is 0.124 e. The van der Waals surface area contributed by atoms with Gasteiger partial charge in [-0.2, -0.15) is 0 Å². The Morgan fingerprint density at radius 3 is 2.45 bits per heavy atom. The predicted octanol–water partition coefficient (Wildman–Crippen LogP) is 5.91. The Bertz CT molecular complexity index is 765. The second kappa shape index (κ2) is 5.70. The van der Waals surface area contributed by atoms with E-state index in [-0.39, 0.29) is 11.2 Å². The van der Waals surface area contributed by atoms with E-state index in [4.69, 9.17) is 11.6 Å². The maximum atomic E-state index is 13.2. The van der Waals surface area contributed by atoms with Gasteiger partial charge in [0.25, 0.3) is 0 Å². The molecule has 0 heterocycles. The van der Waals surface area contributed by atoms with Crippen LogP contribution in [0.3, 0.4) is 0 Å². The van der Waals surface area contributed by atoms with Gasteiger partial charge in [0.15, 0.2) is 0 Å². The molecule has 0 radical (unpaired) electrons. The highest BCUT2D eigenvalue weighted by atomic mass is 127. The highest BCUT2D eigenvalue weighted by Gasteiger charge is 2.16. The summed E-state index contributed by atoms with van der Waals surface area (Å²) >= 11 is 8.77. The topological polar surface area (TPSA) is 0 Å². The van der Waals surface area contributed by atoms with E-state index >= 15 is 0 Å². The van der Waals surface area contributed by atoms with Crippen molar-refractivity contribution in [3.05, 3.63) is 81.2 Å². The maximum Gasteiger partial charge on any atom is 0.124 e. The lowest BCUT2D eigenvalue weighted by atomic mass is 9.98. The number of fused-ring (bicyclic) bond motifs is 1. The summed E-state index contributed by atoms with van der Waals surface area (Å²) in [4.78, 5) is 0. The molecule has 1 unspecified atom stereocenters. The van der Waals surface area contributed by atoms with Crippen LogP contribution in [0.1, 0.15) is 16.5 Å². The highest BCUT2D eigenvalue weighted by Crippen LogP contribution is 2.36. The van der Waals surface area contributed by atoms with Gasteiger partial charge in [0.05, 0.1) is 5.38 Å². The second-order valence-electron chi connectivity index (χ2n) is 4.60. The molecule has 0 aliphatic carbocycles. The largest absolute Gasteiger partial charge is 0.207 e. The van der Waals surface area contributed by atoms with Crippen molar-refractivity contribution in [2.45, 2.75) is 5.38 Å². The van der Waals surface area contributed by atoms with Crippen LogP contribution in [0.15, 0.2) is 60.7 Å². The van der Waals surface area contributed by atoms with Crippen LogP contribution in [-0.4, -0.2) is 0 Å². The fourth-order valence-corrected chi connectivity index (χ4v) is 3.70. The number of hydrogen-bond donors (Lipinski definition) is 0. The number of halogens is 3. The zero-order chi connectivity index (χ0) is 14.1. The van der Waals surface area contributed by atoms with Gasteiger partial charge in [0.2, 0.25) is 0 Å². The van der Waals surface area contributed by atoms with Crippen molar-refractivity contribution >= 4 is 45.0 Å². The number of rotatable bonds is 2. The Kier molecular flexibility index (Phi) is 3.94. The van der Waals surface area contributed by atoms with Gasteiger partial charge in [-0.3, -0.25) is 0 Å². The summed E-state index contributed by atoms with van der Waals surface area (Å²) < 4.78 is 14.1. The molecule has 0 spiro atoms. The van der Waals surface area contributed by atoms with Crippen molar-refractivity contribution < 1.29 is 4.39 Å². The summed E-state index contributed by atoms with van der Waals surface area (Å²) in [6.45, 7) is 0. The summed E-state index contributed by atoms with van der Waals surface area (Å²) in [5.41, 5.74) is 1.99. The molecule has 0 fully saturated rings. The molecule has 1 atom stereocenters. The Morgan fingerprint density at radius 1 is 0.900 bits per heavy atom. The molecule has 0 N–H and O–H groups in total. The first kappa shape index (κ1) is 13.8. The summed E-state index contributed by atoms with van der Waals surface area (Å²) in [6.07, 6.45) is 0. The van der Waals surface area contributed by atoms with Crippen molar-refractivity contribution in [1.29, 1.82) is 0 Å². The minimum absolute atomic E-state index is 0.236. The Hall–Kier alpha value is -1.13. The fraction of sp³-hybridized carbons (Fsp3) is 0.0588. The first-order valence-corrected chi connectivity index (χ1v) is 7.75. The Morgan fingerprint density at radius 2 is 1.65 bits per heavy atom. The van der Waals surface area contributed by atoms with E-state index in [2.05, 4.69) is 40.8 Å². The summed E-state index contributed by atoms with van der Waals surface area (Å²) in [5.74, 6) is -0.236. The molecule has 20 heavy (non-hydrogen) atoms. The summed E-state index contributed by atoms with van der Waals surface area (Å²) in [6, 6.07) is 19.0. The molecule has 0 saturated heterocycles. The normalized spacial score (nSPS) is 12.6. The van der Waals surface area contributed by atoms with E-state index in [1.54, 1.807) is 6.07 Å². The van der Waals surface area contributed by atoms with Crippen LogP contribution in [0.5, 0.6) is 0 Å². The van der Waals surface area contributed by atoms with E-state index in [1.165, 1.54) is 12.1 Å². The van der Waals surface area contributed by atoms with Crippen LogP contribution in [0.25, 0.3) is 10.8 Å². The molecule has 3 aromatic rings. The molecule has 100 valence electrons. The van der Waals surface area contributed by atoms with Crippen LogP contribution in [0.2, 0.25) is 0 Å². The van der Waals surface area contributed by atoms with Crippen LogP contribution in [0.4, 0.5) is 4.39 Å². The van der Waals surface area contributed by atoms with E-state index in [1.807, 2.05) is 24.3 Å². The van der Waals surface area contributed by atoms with E-state index in [9.17, 15) is 4.39 Å². The van der Waals surface area contributed by atoms with Crippen molar-refractivity contribution in [2.24, 2.45) is 0 Å². The van der Waals surface area contributed by atoms with Gasteiger partial charge >= 0.3 is 0 Å². The standard InChI is InChI=1S/C17H11ClFI/c18-17(15-9-8-12(19)10-16(15)20)14-7-3-5-11-4-1-2-6-13(11)14/h1-10,17H. The van der Waals surface area contributed by atoms with E-state index in [0.29, 0.717) is 0 Å². The van der Waals surface area contributed by atoms with Gasteiger partial charge in [0, 0.05) is 3.57 Å². The molecule has 0 bridgehead atoms. The molecular formula is C17H11ClFI. The lowest BCUT2D eigenvalue weighted by Gasteiger charge is -2.15. The highest BCUT2D eigenvalue weighted by molar-refractivity contribution is 14.1. The van der Waals surface area contributed by atoms with Crippen molar-refractivity contribution in [1.82, 2.24) is 0 Å². The molecule has 0 aromatic heterocycles. The first-order valence-electron chi connectivity index (χ1n) is 6.23. The minimum Gasteiger partial charge on any atom is -0.207 e. The number of benzene rings is 3. The van der Waals surface area contributed by atoms with Gasteiger partial charge < -0.3 is 0 Å². The number of alkyl halides is 1. The van der Waals surface area contributed by atoms with Crippen molar-refractivity contribution in [3.8, 4) is 0 Å². The van der Waals surface area contributed by atoms with Gasteiger partial charge in [-0.1, -0.05) is 48.5 Å². The summed E-state index contributed by atoms with van der Waals surface area (Å²) in [7, 11) is 0. The van der Waals surface area contributed by atoms with Gasteiger partial charge in [-0.15, -0.1) is 11.6 Å². The Balaban J connectivity index is 2.15. The van der Waals surface area contributed by atoms with Crippen LogP contribution >= 0.6 is 34.2 Å². The van der Waals surface area contributed by atoms with Crippen LogP contribution in [0, 0.1) is 9.39 Å². The SMILES string of the molecule is Fc1ccc(C(Cl)c2cccc3ccccc23)c(I)c1. The predicted molar refractivity (Wildman–Crippen MR) is 90.8 cm³/mol. The molecule has 0 amide bonds. The second-order valence-corrected chi connectivity index (χ2v) is 6.20. The zero-order valence-electron chi connectivity index (χ0n) is 10.5. The quantitative estimate of drug-likeness (QED) is 0.373. The lowest BCUT2D eigenvalue weighted by Crippen LogP contribution is -1.98. The average Bonchev–Trinajstić information content (AvgIpc) is 2.46. The first-order chi connectivity index (χ1) is 9.66. The molecule has 3 aromatic carbocycles. The maximum absolute atomic E-state index is 13.2. The minimum atomic E-state index is -0.284. The molecule has 0 saturated carbocycles. The fourth-order valence-electron chi connectivity index (χ4n) is 2.35. The monoisotopic (exact) mass is 396 g/mol. The van der Waals surface area contributed by atoms with Gasteiger partial charge in [0.1, 0.15) is 5.82 Å². The van der Waals surface area contributed by atoms with Crippen LogP contribution in [-0.2, 0) is 0 Å². The molecule has 3 heteroatoms. The third-order valence-electron chi connectivity index (χ3n) is 3.33. The lowest BCUT2D eigenvalue weighted by molar-refractivity contribution is 0.626. The van der Waals surface area contributed by atoms with E-state index in [0.717, 1.165) is 25.5 Å². The zero-order valence-corrected chi connectivity index (χ0v) is 13.4. The Labute approximate surface area is 135 Å². The third kappa shape index (κ3) is 2.54. The van der Waals surface area contributed by atoms with Gasteiger partial charge in [-0.05, 0) is 56.6 Å².